The highest BCUT2D eigenvalue weighted by atomic mass is 16.5. The minimum Gasteiger partial charge on any atom is -0.491 e. The first-order chi connectivity index (χ1) is 8.76. The first kappa shape index (κ1) is 12.9. The second-order valence-electron chi connectivity index (χ2n) is 4.18. The smallest absolute Gasteiger partial charge is 0.253 e. The largest absolute Gasteiger partial charge is 0.491 e. The highest BCUT2D eigenvalue weighted by Gasteiger charge is 2.25. The van der Waals surface area contributed by atoms with Crippen molar-refractivity contribution < 1.29 is 14.3 Å². The Labute approximate surface area is 106 Å². The maximum Gasteiger partial charge on any atom is 0.253 e. The molecule has 0 saturated heterocycles. The van der Waals surface area contributed by atoms with E-state index in [0.717, 1.165) is 11.3 Å². The molecule has 0 fully saturated rings. The van der Waals surface area contributed by atoms with E-state index in [0.29, 0.717) is 19.7 Å². The van der Waals surface area contributed by atoms with Crippen LogP contribution in [0.4, 0.5) is 0 Å². The summed E-state index contributed by atoms with van der Waals surface area (Å²) < 4.78 is 10.7. The number of carbonyl (C=O) groups excluding carboxylic acids is 1. The number of hydrogen-bond donors (Lipinski definition) is 1. The lowest BCUT2D eigenvalue weighted by atomic mass is 10.2. The van der Waals surface area contributed by atoms with Gasteiger partial charge in [0.05, 0.1) is 6.54 Å². The van der Waals surface area contributed by atoms with Crippen LogP contribution in [0.5, 0.6) is 5.75 Å². The van der Waals surface area contributed by atoms with Gasteiger partial charge in [-0.05, 0) is 6.07 Å². The van der Waals surface area contributed by atoms with Crippen LogP contribution in [0, 0.1) is 0 Å². The van der Waals surface area contributed by atoms with E-state index in [4.69, 9.17) is 15.2 Å². The Bertz CT molecular complexity index is 418. The summed E-state index contributed by atoms with van der Waals surface area (Å²) in [4.78, 5) is 13.9. The summed E-state index contributed by atoms with van der Waals surface area (Å²) in [6.07, 6.45) is -0.574. The van der Waals surface area contributed by atoms with Crippen LogP contribution in [-0.4, -0.2) is 43.7 Å². The number of ether oxygens (including phenoxy) is 2. The standard InChI is InChI=1S/C13H18N2O3/c1-17-12(8-14)13(16)15-6-7-18-11-5-3-2-4-10(11)9-15/h2-5,12H,6-9,14H2,1H3. The van der Waals surface area contributed by atoms with Crippen molar-refractivity contribution in [2.75, 3.05) is 26.8 Å². The van der Waals surface area contributed by atoms with Gasteiger partial charge in [0.15, 0.2) is 0 Å². The van der Waals surface area contributed by atoms with E-state index in [9.17, 15) is 4.79 Å². The summed E-state index contributed by atoms with van der Waals surface area (Å²) in [5, 5.41) is 0. The van der Waals surface area contributed by atoms with Crippen molar-refractivity contribution in [3.05, 3.63) is 29.8 Å². The summed E-state index contributed by atoms with van der Waals surface area (Å²) >= 11 is 0. The normalized spacial score (nSPS) is 16.4. The number of carbonyl (C=O) groups is 1. The van der Waals surface area contributed by atoms with E-state index in [1.807, 2.05) is 24.3 Å². The average Bonchev–Trinajstić information content (AvgIpc) is 2.62. The number of benzene rings is 1. The summed E-state index contributed by atoms with van der Waals surface area (Å²) in [5.74, 6) is 0.759. The molecule has 2 N–H and O–H groups in total. The number of rotatable bonds is 3. The molecule has 1 aliphatic rings. The van der Waals surface area contributed by atoms with Crippen molar-refractivity contribution in [1.82, 2.24) is 4.90 Å². The Morgan fingerprint density at radius 1 is 1.56 bits per heavy atom. The number of nitrogens with two attached hydrogens (primary N) is 1. The molecule has 0 spiro atoms. The van der Waals surface area contributed by atoms with E-state index in [-0.39, 0.29) is 12.5 Å². The molecule has 0 saturated carbocycles. The number of nitrogens with zero attached hydrogens (tertiary/aromatic N) is 1. The number of amides is 1. The molecule has 98 valence electrons. The van der Waals surface area contributed by atoms with Crippen molar-refractivity contribution in [3.8, 4) is 5.75 Å². The molecule has 1 amide bonds. The maximum absolute atomic E-state index is 12.2. The third kappa shape index (κ3) is 2.63. The van der Waals surface area contributed by atoms with Crippen LogP contribution in [-0.2, 0) is 16.1 Å². The van der Waals surface area contributed by atoms with Crippen LogP contribution in [0.15, 0.2) is 24.3 Å². The lowest BCUT2D eigenvalue weighted by molar-refractivity contribution is -0.142. The van der Waals surface area contributed by atoms with Crippen molar-refractivity contribution in [2.24, 2.45) is 5.73 Å². The van der Waals surface area contributed by atoms with Gasteiger partial charge in [-0.2, -0.15) is 0 Å². The Morgan fingerprint density at radius 2 is 2.33 bits per heavy atom. The van der Waals surface area contributed by atoms with Crippen LogP contribution >= 0.6 is 0 Å². The molecule has 1 aromatic carbocycles. The zero-order valence-corrected chi connectivity index (χ0v) is 10.5. The highest BCUT2D eigenvalue weighted by Crippen LogP contribution is 2.22. The molecule has 0 aliphatic carbocycles. The Kier molecular flexibility index (Phi) is 4.17. The molecule has 1 atom stereocenters. The summed E-state index contributed by atoms with van der Waals surface area (Å²) in [6, 6.07) is 7.74. The molecule has 1 unspecified atom stereocenters. The summed E-state index contributed by atoms with van der Waals surface area (Å²) in [5.41, 5.74) is 6.53. The van der Waals surface area contributed by atoms with Gasteiger partial charge in [0.1, 0.15) is 18.5 Å². The fraction of sp³-hybridized carbons (Fsp3) is 0.462. The minimum absolute atomic E-state index is 0.0831. The van der Waals surface area contributed by atoms with Crippen molar-refractivity contribution in [3.63, 3.8) is 0 Å². The van der Waals surface area contributed by atoms with Crippen LogP contribution in [0.25, 0.3) is 0 Å². The Balaban J connectivity index is 2.14. The van der Waals surface area contributed by atoms with Gasteiger partial charge in [-0.15, -0.1) is 0 Å². The van der Waals surface area contributed by atoms with Crippen molar-refractivity contribution in [2.45, 2.75) is 12.6 Å². The molecule has 0 aromatic heterocycles. The first-order valence-corrected chi connectivity index (χ1v) is 5.98. The topological polar surface area (TPSA) is 64.8 Å². The summed E-state index contributed by atoms with van der Waals surface area (Å²) in [6.45, 7) is 1.76. The van der Waals surface area contributed by atoms with E-state index in [2.05, 4.69) is 0 Å². The fourth-order valence-corrected chi connectivity index (χ4v) is 2.02. The molecule has 1 heterocycles. The van der Waals surface area contributed by atoms with Crippen molar-refractivity contribution >= 4 is 5.91 Å². The van der Waals surface area contributed by atoms with Gasteiger partial charge in [-0.25, -0.2) is 0 Å². The van der Waals surface area contributed by atoms with Crippen LogP contribution in [0.2, 0.25) is 0 Å². The van der Waals surface area contributed by atoms with Gasteiger partial charge in [-0.1, -0.05) is 18.2 Å². The summed E-state index contributed by atoms with van der Waals surface area (Å²) in [7, 11) is 1.50. The molecular weight excluding hydrogens is 232 g/mol. The van der Waals surface area contributed by atoms with E-state index in [1.54, 1.807) is 4.90 Å². The van der Waals surface area contributed by atoms with Gasteiger partial charge in [0.2, 0.25) is 0 Å². The Morgan fingerprint density at radius 3 is 3.06 bits per heavy atom. The molecule has 2 rings (SSSR count). The van der Waals surface area contributed by atoms with E-state index in [1.165, 1.54) is 7.11 Å². The van der Waals surface area contributed by atoms with Gasteiger partial charge in [0, 0.05) is 25.8 Å². The lowest BCUT2D eigenvalue weighted by Crippen LogP contribution is -2.44. The van der Waals surface area contributed by atoms with Gasteiger partial charge >= 0.3 is 0 Å². The third-order valence-corrected chi connectivity index (χ3v) is 3.04. The number of methoxy groups -OCH3 is 1. The van der Waals surface area contributed by atoms with Gasteiger partial charge < -0.3 is 20.1 Å². The van der Waals surface area contributed by atoms with Crippen LogP contribution in [0.1, 0.15) is 5.56 Å². The third-order valence-electron chi connectivity index (χ3n) is 3.04. The monoisotopic (exact) mass is 250 g/mol. The Hall–Kier alpha value is -1.59. The van der Waals surface area contributed by atoms with Gasteiger partial charge in [-0.3, -0.25) is 4.79 Å². The second kappa shape index (κ2) is 5.84. The van der Waals surface area contributed by atoms with E-state index >= 15 is 0 Å². The van der Waals surface area contributed by atoms with Crippen LogP contribution in [0.3, 0.4) is 0 Å². The lowest BCUT2D eigenvalue weighted by Gasteiger charge is -2.24. The highest BCUT2D eigenvalue weighted by molar-refractivity contribution is 5.81. The van der Waals surface area contributed by atoms with Crippen molar-refractivity contribution in [1.29, 1.82) is 0 Å². The quantitative estimate of drug-likeness (QED) is 0.842. The molecule has 1 aliphatic heterocycles. The minimum atomic E-state index is -0.574. The predicted molar refractivity (Wildman–Crippen MR) is 67.2 cm³/mol. The predicted octanol–water partition coefficient (Wildman–Crippen LogP) is 0.381. The second-order valence-corrected chi connectivity index (χ2v) is 4.18. The maximum atomic E-state index is 12.2. The van der Waals surface area contributed by atoms with Crippen LogP contribution < -0.4 is 10.5 Å². The average molecular weight is 250 g/mol. The zero-order chi connectivity index (χ0) is 13.0. The first-order valence-electron chi connectivity index (χ1n) is 5.98. The molecule has 0 bridgehead atoms. The molecule has 1 aromatic rings. The molecule has 5 heteroatoms. The van der Waals surface area contributed by atoms with E-state index < -0.39 is 6.10 Å². The molecule has 5 nitrogen and oxygen atoms in total. The number of para-hydroxylation sites is 1. The molecule has 0 radical (unpaired) electrons. The van der Waals surface area contributed by atoms with Gasteiger partial charge in [0.25, 0.3) is 5.91 Å². The fourth-order valence-electron chi connectivity index (χ4n) is 2.02. The SMILES string of the molecule is COC(CN)C(=O)N1CCOc2ccccc2C1. The molecular formula is C13H18N2O3. The molecule has 18 heavy (non-hydrogen) atoms. The number of fused-ring (bicyclic) bond motifs is 1. The zero-order valence-electron chi connectivity index (χ0n) is 10.5. The number of hydrogen-bond acceptors (Lipinski definition) is 4.